The highest BCUT2D eigenvalue weighted by Gasteiger charge is 2.20. The lowest BCUT2D eigenvalue weighted by Crippen LogP contribution is -2.29. The minimum atomic E-state index is -0.126. The smallest absolute Gasteiger partial charge is 0.257 e. The molecule has 7 heteroatoms. The van der Waals surface area contributed by atoms with Gasteiger partial charge in [0.1, 0.15) is 5.75 Å². The number of anilines is 1. The second-order valence-electron chi connectivity index (χ2n) is 6.19. The minimum absolute atomic E-state index is 0. The average Bonchev–Trinajstić information content (AvgIpc) is 3.03. The van der Waals surface area contributed by atoms with Crippen molar-refractivity contribution in [3.05, 3.63) is 40.4 Å². The molecule has 0 radical (unpaired) electrons. The van der Waals surface area contributed by atoms with Crippen LogP contribution in [0, 0.1) is 0 Å². The summed E-state index contributed by atoms with van der Waals surface area (Å²) in [5.74, 6) is 0.674. The molecule has 0 spiro atoms. The SMILES string of the molecule is CCCCOc1ccc(C(=O)Nc2nc3c(s2)CN(CC)CC3)cc1.Cl. The zero-order valence-electron chi connectivity index (χ0n) is 15.3. The first-order valence-electron chi connectivity index (χ1n) is 8.94. The Morgan fingerprint density at radius 2 is 2.08 bits per heavy atom. The summed E-state index contributed by atoms with van der Waals surface area (Å²) >= 11 is 1.58. The Bertz CT molecular complexity index is 718. The molecule has 1 aromatic heterocycles. The largest absolute Gasteiger partial charge is 0.494 e. The van der Waals surface area contributed by atoms with Crippen molar-refractivity contribution in [2.75, 3.05) is 25.0 Å². The molecule has 2 heterocycles. The van der Waals surface area contributed by atoms with Gasteiger partial charge >= 0.3 is 0 Å². The van der Waals surface area contributed by atoms with Crippen LogP contribution in [0.15, 0.2) is 24.3 Å². The quantitative estimate of drug-likeness (QED) is 0.707. The maximum atomic E-state index is 12.4. The molecule has 0 fully saturated rings. The fourth-order valence-corrected chi connectivity index (χ4v) is 3.82. The number of aromatic nitrogens is 1. The first-order chi connectivity index (χ1) is 12.2. The summed E-state index contributed by atoms with van der Waals surface area (Å²) in [4.78, 5) is 20.7. The number of carbonyl (C=O) groups is 1. The van der Waals surface area contributed by atoms with Crippen LogP contribution in [0.5, 0.6) is 5.75 Å². The number of unbranched alkanes of at least 4 members (excludes halogenated alkanes) is 1. The third-order valence-corrected chi connectivity index (χ3v) is 5.36. The van der Waals surface area contributed by atoms with Gasteiger partial charge in [-0.05, 0) is 37.2 Å². The van der Waals surface area contributed by atoms with E-state index in [-0.39, 0.29) is 18.3 Å². The van der Waals surface area contributed by atoms with E-state index in [0.29, 0.717) is 17.3 Å². The molecular weight excluding hydrogens is 370 g/mol. The Hall–Kier alpha value is -1.63. The summed E-state index contributed by atoms with van der Waals surface area (Å²) in [5, 5.41) is 3.62. The van der Waals surface area contributed by atoms with E-state index in [4.69, 9.17) is 4.74 Å². The fourth-order valence-electron chi connectivity index (χ4n) is 2.78. The molecule has 5 nitrogen and oxygen atoms in total. The summed E-state index contributed by atoms with van der Waals surface area (Å²) in [6.07, 6.45) is 3.10. The maximum absolute atomic E-state index is 12.4. The zero-order chi connectivity index (χ0) is 17.6. The van der Waals surface area contributed by atoms with Crippen molar-refractivity contribution in [3.63, 3.8) is 0 Å². The number of halogens is 1. The Kier molecular flexibility index (Phi) is 7.87. The van der Waals surface area contributed by atoms with Crippen LogP contribution in [0.2, 0.25) is 0 Å². The Morgan fingerprint density at radius 1 is 1.31 bits per heavy atom. The molecule has 26 heavy (non-hydrogen) atoms. The van der Waals surface area contributed by atoms with Crippen molar-refractivity contribution in [1.82, 2.24) is 9.88 Å². The number of carbonyl (C=O) groups excluding carboxylic acids is 1. The average molecular weight is 396 g/mol. The molecule has 1 amide bonds. The summed E-state index contributed by atoms with van der Waals surface area (Å²) < 4.78 is 5.63. The topological polar surface area (TPSA) is 54.5 Å². The van der Waals surface area contributed by atoms with Gasteiger partial charge in [-0.3, -0.25) is 15.0 Å². The van der Waals surface area contributed by atoms with Gasteiger partial charge in [0.15, 0.2) is 5.13 Å². The van der Waals surface area contributed by atoms with Crippen molar-refractivity contribution in [1.29, 1.82) is 0 Å². The van der Waals surface area contributed by atoms with E-state index in [1.807, 2.05) is 12.1 Å². The number of likely N-dealkylation sites (N-methyl/N-ethyl adjacent to an activating group) is 1. The lowest BCUT2D eigenvalue weighted by molar-refractivity contribution is 0.102. The Balaban J connectivity index is 0.00000243. The molecule has 0 bridgehead atoms. The van der Waals surface area contributed by atoms with E-state index in [1.165, 1.54) is 4.88 Å². The lowest BCUT2D eigenvalue weighted by Gasteiger charge is -2.23. The number of nitrogens with zero attached hydrogens (tertiary/aromatic N) is 2. The second-order valence-corrected chi connectivity index (χ2v) is 7.27. The van der Waals surface area contributed by atoms with E-state index in [9.17, 15) is 4.79 Å². The van der Waals surface area contributed by atoms with Gasteiger partial charge in [-0.2, -0.15) is 0 Å². The molecule has 0 aliphatic carbocycles. The highest BCUT2D eigenvalue weighted by atomic mass is 35.5. The summed E-state index contributed by atoms with van der Waals surface area (Å²) in [5.41, 5.74) is 1.75. The molecule has 1 aliphatic heterocycles. The highest BCUT2D eigenvalue weighted by Crippen LogP contribution is 2.28. The molecule has 1 N–H and O–H groups in total. The van der Waals surface area contributed by atoms with Gasteiger partial charge in [0.2, 0.25) is 0 Å². The molecule has 0 unspecified atom stereocenters. The molecule has 2 aromatic rings. The van der Waals surface area contributed by atoms with Crippen molar-refractivity contribution in [2.24, 2.45) is 0 Å². The van der Waals surface area contributed by atoms with Gasteiger partial charge in [-0.15, -0.1) is 23.7 Å². The van der Waals surface area contributed by atoms with Crippen LogP contribution in [0.25, 0.3) is 0 Å². The number of fused-ring (bicyclic) bond motifs is 1. The van der Waals surface area contributed by atoms with Crippen molar-refractivity contribution in [2.45, 2.75) is 39.7 Å². The summed E-state index contributed by atoms with van der Waals surface area (Å²) in [6.45, 7) is 8.04. The van der Waals surface area contributed by atoms with Crippen LogP contribution in [0.3, 0.4) is 0 Å². The number of hydrogen-bond acceptors (Lipinski definition) is 5. The van der Waals surface area contributed by atoms with E-state index < -0.39 is 0 Å². The van der Waals surface area contributed by atoms with Gasteiger partial charge in [-0.1, -0.05) is 20.3 Å². The predicted molar refractivity (Wildman–Crippen MR) is 109 cm³/mol. The fraction of sp³-hybridized carbons (Fsp3) is 0.474. The number of benzene rings is 1. The van der Waals surface area contributed by atoms with Crippen LogP contribution in [0.4, 0.5) is 5.13 Å². The van der Waals surface area contributed by atoms with Gasteiger partial charge in [-0.25, -0.2) is 4.98 Å². The molecule has 0 atom stereocenters. The molecule has 3 rings (SSSR count). The minimum Gasteiger partial charge on any atom is -0.494 e. The highest BCUT2D eigenvalue weighted by molar-refractivity contribution is 7.15. The number of rotatable bonds is 7. The molecule has 0 saturated carbocycles. The normalized spacial score (nSPS) is 13.6. The maximum Gasteiger partial charge on any atom is 0.257 e. The second kappa shape index (κ2) is 9.90. The van der Waals surface area contributed by atoms with E-state index in [2.05, 4.69) is 29.0 Å². The number of hydrogen-bond donors (Lipinski definition) is 1. The van der Waals surface area contributed by atoms with Gasteiger partial charge in [0, 0.05) is 30.0 Å². The van der Waals surface area contributed by atoms with Crippen molar-refractivity contribution >= 4 is 34.8 Å². The standard InChI is InChI=1S/C19H25N3O2S.ClH/c1-3-5-12-24-15-8-6-14(7-9-15)18(23)21-19-20-16-10-11-22(4-2)13-17(16)25-19;/h6-9H,3-5,10-13H2,1-2H3,(H,20,21,23);1H. The summed E-state index contributed by atoms with van der Waals surface area (Å²) in [6, 6.07) is 7.28. The Morgan fingerprint density at radius 3 is 2.77 bits per heavy atom. The predicted octanol–water partition coefficient (Wildman–Crippen LogP) is 4.37. The first-order valence-corrected chi connectivity index (χ1v) is 9.76. The third kappa shape index (κ3) is 5.19. The molecule has 142 valence electrons. The zero-order valence-corrected chi connectivity index (χ0v) is 16.9. The van der Waals surface area contributed by atoms with Crippen molar-refractivity contribution in [3.8, 4) is 5.75 Å². The van der Waals surface area contributed by atoms with Crippen LogP contribution < -0.4 is 10.1 Å². The lowest BCUT2D eigenvalue weighted by atomic mass is 10.2. The monoisotopic (exact) mass is 395 g/mol. The molecule has 1 aliphatic rings. The number of nitrogens with one attached hydrogen (secondary N) is 1. The number of amides is 1. The van der Waals surface area contributed by atoms with Gasteiger partial charge in [0.05, 0.1) is 12.3 Å². The van der Waals surface area contributed by atoms with Gasteiger partial charge in [0.25, 0.3) is 5.91 Å². The van der Waals surface area contributed by atoms with E-state index in [0.717, 1.165) is 50.3 Å². The molecular formula is C19H26ClN3O2S. The molecule has 1 aromatic carbocycles. The van der Waals surface area contributed by atoms with Crippen LogP contribution in [-0.4, -0.2) is 35.5 Å². The van der Waals surface area contributed by atoms with Crippen LogP contribution in [-0.2, 0) is 13.0 Å². The van der Waals surface area contributed by atoms with Crippen molar-refractivity contribution < 1.29 is 9.53 Å². The Labute approximate surface area is 165 Å². The first kappa shape index (κ1) is 20.7. The number of ether oxygens (including phenoxy) is 1. The van der Waals surface area contributed by atoms with Crippen LogP contribution >= 0.6 is 23.7 Å². The van der Waals surface area contributed by atoms with E-state index >= 15 is 0 Å². The van der Waals surface area contributed by atoms with Gasteiger partial charge < -0.3 is 4.74 Å². The summed E-state index contributed by atoms with van der Waals surface area (Å²) in [7, 11) is 0. The number of thiazole rings is 1. The van der Waals surface area contributed by atoms with Crippen LogP contribution in [0.1, 0.15) is 47.6 Å². The van der Waals surface area contributed by atoms with E-state index in [1.54, 1.807) is 23.5 Å². The molecule has 0 saturated heterocycles. The third-order valence-electron chi connectivity index (χ3n) is 4.36.